The Labute approximate surface area is 135 Å². The van der Waals surface area contributed by atoms with Gasteiger partial charge in [-0.3, -0.25) is 0 Å². The average Bonchev–Trinajstić information content (AvgIpc) is 2.59. The summed E-state index contributed by atoms with van der Waals surface area (Å²) in [5.41, 5.74) is 3.95. The predicted octanol–water partition coefficient (Wildman–Crippen LogP) is 4.55. The fourth-order valence-corrected chi connectivity index (χ4v) is 2.43. The first kappa shape index (κ1) is 15.0. The normalized spacial score (nSPS) is 10.5. The van der Waals surface area contributed by atoms with Crippen LogP contribution in [0.2, 0.25) is 0 Å². The maximum atomic E-state index is 9.37. The molecule has 3 rings (SSSR count). The number of hydrogen-bond donors (Lipinski definition) is 2. The van der Waals surface area contributed by atoms with Crippen LogP contribution in [0.3, 0.4) is 0 Å². The summed E-state index contributed by atoms with van der Waals surface area (Å²) in [5, 5.41) is 21.4. The molecule has 0 unspecified atom stereocenters. The lowest BCUT2D eigenvalue weighted by atomic mass is 10.1. The minimum atomic E-state index is 0.245. The van der Waals surface area contributed by atoms with E-state index in [4.69, 9.17) is 0 Å². The molecule has 116 valence electrons. The molecule has 0 bridgehead atoms. The van der Waals surface area contributed by atoms with Crippen LogP contribution in [-0.4, -0.2) is 15.3 Å². The maximum absolute atomic E-state index is 9.37. The van der Waals surface area contributed by atoms with E-state index in [2.05, 4.69) is 28.5 Å². The average molecular weight is 305 g/mol. The van der Waals surface area contributed by atoms with Gasteiger partial charge in [0.25, 0.3) is 0 Å². The molecule has 0 fully saturated rings. The number of phenolic OH excluding ortho intramolecular Hbond substituents is 1. The molecule has 0 saturated carbocycles. The van der Waals surface area contributed by atoms with Gasteiger partial charge in [0.2, 0.25) is 0 Å². The van der Waals surface area contributed by atoms with Gasteiger partial charge in [0.15, 0.2) is 5.82 Å². The molecule has 1 heterocycles. The van der Waals surface area contributed by atoms with Crippen LogP contribution in [0.5, 0.6) is 5.75 Å². The summed E-state index contributed by atoms with van der Waals surface area (Å²) in [4.78, 5) is 0. The van der Waals surface area contributed by atoms with Gasteiger partial charge in [-0.15, -0.1) is 10.2 Å². The first-order chi connectivity index (χ1) is 11.3. The molecular weight excluding hydrogens is 286 g/mol. The minimum absolute atomic E-state index is 0.245. The predicted molar refractivity (Wildman–Crippen MR) is 92.9 cm³/mol. The maximum Gasteiger partial charge on any atom is 0.156 e. The third-order valence-corrected chi connectivity index (χ3v) is 3.59. The number of nitrogens with zero attached hydrogens (tertiary/aromatic N) is 2. The lowest BCUT2D eigenvalue weighted by Gasteiger charge is -2.11. The summed E-state index contributed by atoms with van der Waals surface area (Å²) in [7, 11) is 0. The van der Waals surface area contributed by atoms with Gasteiger partial charge in [-0.05, 0) is 42.3 Å². The molecule has 4 heteroatoms. The largest absolute Gasteiger partial charge is 0.508 e. The minimum Gasteiger partial charge on any atom is -0.508 e. The molecule has 0 aliphatic rings. The van der Waals surface area contributed by atoms with Crippen molar-refractivity contribution < 1.29 is 5.11 Å². The van der Waals surface area contributed by atoms with Crippen molar-refractivity contribution in [3.05, 3.63) is 66.2 Å². The molecule has 0 saturated heterocycles. The number of rotatable bonds is 5. The van der Waals surface area contributed by atoms with Crippen LogP contribution in [0.25, 0.3) is 11.3 Å². The lowest BCUT2D eigenvalue weighted by Crippen LogP contribution is -2.02. The van der Waals surface area contributed by atoms with Gasteiger partial charge in [0, 0.05) is 11.3 Å². The summed E-state index contributed by atoms with van der Waals surface area (Å²) in [6.45, 7) is 2.15. The van der Waals surface area contributed by atoms with E-state index in [0.29, 0.717) is 0 Å². The Morgan fingerprint density at radius 1 is 0.957 bits per heavy atom. The van der Waals surface area contributed by atoms with E-state index in [1.165, 1.54) is 0 Å². The van der Waals surface area contributed by atoms with Crippen LogP contribution < -0.4 is 5.32 Å². The smallest absolute Gasteiger partial charge is 0.156 e. The van der Waals surface area contributed by atoms with Crippen molar-refractivity contribution in [3.63, 3.8) is 0 Å². The molecule has 2 N–H and O–H groups in total. The van der Waals surface area contributed by atoms with Crippen LogP contribution >= 0.6 is 0 Å². The van der Waals surface area contributed by atoms with Crippen molar-refractivity contribution in [2.45, 2.75) is 19.8 Å². The summed E-state index contributed by atoms with van der Waals surface area (Å²) < 4.78 is 0. The van der Waals surface area contributed by atoms with Gasteiger partial charge in [-0.25, -0.2) is 0 Å². The Morgan fingerprint density at radius 2 is 1.70 bits per heavy atom. The molecular formula is C19H19N3O. The third kappa shape index (κ3) is 3.66. The van der Waals surface area contributed by atoms with Gasteiger partial charge in [0.05, 0.1) is 5.69 Å². The number of anilines is 2. The Balaban J connectivity index is 1.92. The first-order valence-corrected chi connectivity index (χ1v) is 7.74. The highest BCUT2D eigenvalue weighted by Gasteiger charge is 2.08. The van der Waals surface area contributed by atoms with Crippen molar-refractivity contribution >= 4 is 11.5 Å². The van der Waals surface area contributed by atoms with Crippen molar-refractivity contribution in [1.29, 1.82) is 0 Å². The van der Waals surface area contributed by atoms with Gasteiger partial charge in [-0.1, -0.05) is 43.7 Å². The molecule has 0 aliphatic carbocycles. The van der Waals surface area contributed by atoms with Crippen LogP contribution in [0.15, 0.2) is 60.7 Å². The number of nitrogens with one attached hydrogen (secondary N) is 1. The molecule has 0 aliphatic heterocycles. The number of aryl methyl sites for hydroxylation is 1. The van der Waals surface area contributed by atoms with E-state index in [1.807, 2.05) is 42.5 Å². The number of phenols is 1. The highest BCUT2D eigenvalue weighted by molar-refractivity contribution is 5.65. The fourth-order valence-electron chi connectivity index (χ4n) is 2.43. The monoisotopic (exact) mass is 305 g/mol. The summed E-state index contributed by atoms with van der Waals surface area (Å²) in [6, 6.07) is 19.1. The van der Waals surface area contributed by atoms with E-state index in [0.717, 1.165) is 41.2 Å². The third-order valence-electron chi connectivity index (χ3n) is 3.59. The van der Waals surface area contributed by atoms with Crippen molar-refractivity contribution in [2.75, 3.05) is 5.32 Å². The molecule has 0 spiro atoms. The molecule has 23 heavy (non-hydrogen) atoms. The van der Waals surface area contributed by atoms with E-state index < -0.39 is 0 Å². The van der Waals surface area contributed by atoms with Crippen molar-refractivity contribution in [1.82, 2.24) is 10.2 Å². The second-order valence-electron chi connectivity index (χ2n) is 5.39. The highest BCUT2D eigenvalue weighted by Crippen LogP contribution is 2.25. The molecule has 0 radical (unpaired) electrons. The van der Waals surface area contributed by atoms with Crippen LogP contribution in [0.1, 0.15) is 18.9 Å². The lowest BCUT2D eigenvalue weighted by molar-refractivity contribution is 0.475. The fraction of sp³-hybridized carbons (Fsp3) is 0.158. The zero-order valence-corrected chi connectivity index (χ0v) is 13.0. The number of hydrogen-bond acceptors (Lipinski definition) is 4. The van der Waals surface area contributed by atoms with Gasteiger partial charge in [-0.2, -0.15) is 0 Å². The Morgan fingerprint density at radius 3 is 2.39 bits per heavy atom. The van der Waals surface area contributed by atoms with E-state index >= 15 is 0 Å². The number of aromatic hydroxyl groups is 1. The molecule has 1 aromatic heterocycles. The number of aromatic nitrogens is 2. The quantitative estimate of drug-likeness (QED) is 0.679. The number of benzene rings is 2. The Bertz CT molecular complexity index is 770. The Kier molecular flexibility index (Phi) is 4.52. The Hall–Kier alpha value is -2.88. The topological polar surface area (TPSA) is 58.0 Å². The summed E-state index contributed by atoms with van der Waals surface area (Å²) in [5.74, 6) is 1.01. The summed E-state index contributed by atoms with van der Waals surface area (Å²) in [6.07, 6.45) is 1.96. The molecule has 0 amide bonds. The van der Waals surface area contributed by atoms with Crippen LogP contribution in [0.4, 0.5) is 11.5 Å². The standard InChI is InChI=1S/C19H19N3O/c1-2-6-15-13-18(14-7-4-3-5-8-14)21-22-19(15)20-16-9-11-17(23)12-10-16/h3-5,7-13,23H,2,6H2,1H3,(H,20,22). The van der Waals surface area contributed by atoms with Crippen LogP contribution in [-0.2, 0) is 6.42 Å². The molecule has 2 aromatic carbocycles. The van der Waals surface area contributed by atoms with Gasteiger partial charge >= 0.3 is 0 Å². The van der Waals surface area contributed by atoms with E-state index in [1.54, 1.807) is 12.1 Å². The molecule has 0 atom stereocenters. The SMILES string of the molecule is CCCc1cc(-c2ccccc2)nnc1Nc1ccc(O)cc1. The summed E-state index contributed by atoms with van der Waals surface area (Å²) >= 11 is 0. The van der Waals surface area contributed by atoms with Crippen molar-refractivity contribution in [2.24, 2.45) is 0 Å². The second kappa shape index (κ2) is 6.92. The van der Waals surface area contributed by atoms with Crippen LogP contribution in [0, 0.1) is 0 Å². The molecule has 4 nitrogen and oxygen atoms in total. The first-order valence-electron chi connectivity index (χ1n) is 7.74. The molecule has 3 aromatic rings. The zero-order valence-electron chi connectivity index (χ0n) is 13.0. The zero-order chi connectivity index (χ0) is 16.1. The van der Waals surface area contributed by atoms with Crippen molar-refractivity contribution in [3.8, 4) is 17.0 Å². The van der Waals surface area contributed by atoms with Gasteiger partial charge in [0.1, 0.15) is 5.75 Å². The van der Waals surface area contributed by atoms with E-state index in [9.17, 15) is 5.11 Å². The van der Waals surface area contributed by atoms with E-state index in [-0.39, 0.29) is 5.75 Å². The second-order valence-corrected chi connectivity index (χ2v) is 5.39. The van der Waals surface area contributed by atoms with Gasteiger partial charge < -0.3 is 10.4 Å². The highest BCUT2D eigenvalue weighted by atomic mass is 16.3.